The molecule has 0 spiro atoms. The van der Waals surface area contributed by atoms with E-state index in [0.29, 0.717) is 0 Å². The van der Waals surface area contributed by atoms with Crippen molar-refractivity contribution >= 4 is 32.3 Å². The first-order valence-corrected chi connectivity index (χ1v) is 20.0. The predicted molar refractivity (Wildman–Crippen MR) is 244 cm³/mol. The van der Waals surface area contributed by atoms with Gasteiger partial charge in [0, 0.05) is 5.41 Å². The first-order chi connectivity index (χ1) is 28.0. The molecule has 0 bridgehead atoms. The van der Waals surface area contributed by atoms with Crippen molar-refractivity contribution in [2.75, 3.05) is 0 Å². The fourth-order valence-electron chi connectivity index (χ4n) is 9.69. The summed E-state index contributed by atoms with van der Waals surface area (Å²) in [4.78, 5) is 0. The molecule has 0 radical (unpaired) electrons. The van der Waals surface area contributed by atoms with E-state index < -0.39 is 0 Å². The summed E-state index contributed by atoms with van der Waals surface area (Å²) in [5.74, 6) is 0. The van der Waals surface area contributed by atoms with Gasteiger partial charge >= 0.3 is 0 Å². The van der Waals surface area contributed by atoms with Crippen molar-refractivity contribution in [1.29, 1.82) is 0 Å². The van der Waals surface area contributed by atoms with E-state index in [0.717, 1.165) is 0 Å². The van der Waals surface area contributed by atoms with Gasteiger partial charge in [-0.25, -0.2) is 0 Å². The Labute approximate surface area is 334 Å². The average molecular weight is 725 g/mol. The number of fused-ring (bicyclic) bond motifs is 6. The van der Waals surface area contributed by atoms with Crippen molar-refractivity contribution in [2.24, 2.45) is 0 Å². The van der Waals surface area contributed by atoms with Gasteiger partial charge in [0.1, 0.15) is 0 Å². The van der Waals surface area contributed by atoms with Crippen LogP contribution in [-0.4, -0.2) is 0 Å². The van der Waals surface area contributed by atoms with Crippen LogP contribution in [0.15, 0.2) is 206 Å². The Bertz CT molecular complexity index is 3120. The van der Waals surface area contributed by atoms with E-state index in [9.17, 15) is 0 Å². The highest BCUT2D eigenvalue weighted by Gasteiger charge is 2.35. The van der Waals surface area contributed by atoms with Gasteiger partial charge in [0.25, 0.3) is 0 Å². The van der Waals surface area contributed by atoms with Gasteiger partial charge < -0.3 is 0 Å². The van der Waals surface area contributed by atoms with Crippen LogP contribution in [0.1, 0.15) is 25.0 Å². The van der Waals surface area contributed by atoms with E-state index in [1.165, 1.54) is 110 Å². The first kappa shape index (κ1) is 33.3. The van der Waals surface area contributed by atoms with Gasteiger partial charge in [-0.2, -0.15) is 0 Å². The van der Waals surface area contributed by atoms with Crippen LogP contribution in [0.4, 0.5) is 0 Å². The van der Waals surface area contributed by atoms with Gasteiger partial charge in [-0.3, -0.25) is 0 Å². The van der Waals surface area contributed by atoms with Crippen molar-refractivity contribution in [3.05, 3.63) is 217 Å². The van der Waals surface area contributed by atoms with Gasteiger partial charge in [-0.15, -0.1) is 0 Å². The Hall–Kier alpha value is -7.02. The van der Waals surface area contributed by atoms with E-state index >= 15 is 0 Å². The first-order valence-electron chi connectivity index (χ1n) is 20.0. The molecule has 1 aliphatic rings. The molecule has 0 unspecified atom stereocenters. The number of benzene rings is 10. The average Bonchev–Trinajstić information content (AvgIpc) is 3.50. The third kappa shape index (κ3) is 5.36. The van der Waals surface area contributed by atoms with E-state index in [2.05, 4.69) is 220 Å². The van der Waals surface area contributed by atoms with Crippen LogP contribution < -0.4 is 0 Å². The second-order valence-corrected chi connectivity index (χ2v) is 16.0. The van der Waals surface area contributed by atoms with E-state index in [1.54, 1.807) is 0 Å². The topological polar surface area (TPSA) is 0 Å². The van der Waals surface area contributed by atoms with Crippen LogP contribution in [0.5, 0.6) is 0 Å². The summed E-state index contributed by atoms with van der Waals surface area (Å²) in [6.07, 6.45) is 0. The fourth-order valence-corrected chi connectivity index (χ4v) is 9.69. The minimum atomic E-state index is -0.0553. The van der Waals surface area contributed by atoms with Gasteiger partial charge in [0.2, 0.25) is 0 Å². The molecule has 10 aromatic rings. The molecule has 268 valence electrons. The van der Waals surface area contributed by atoms with Crippen LogP contribution in [0.3, 0.4) is 0 Å². The molecule has 0 saturated heterocycles. The largest absolute Gasteiger partial charge is 0.0622 e. The molecule has 11 rings (SSSR count). The molecule has 10 aromatic carbocycles. The number of hydrogen-bond donors (Lipinski definition) is 0. The minimum absolute atomic E-state index is 0.0553. The molecule has 0 saturated carbocycles. The monoisotopic (exact) mass is 724 g/mol. The molecule has 0 amide bonds. The second-order valence-electron chi connectivity index (χ2n) is 16.0. The summed E-state index contributed by atoms with van der Waals surface area (Å²) in [5.41, 5.74) is 17.7. The zero-order valence-corrected chi connectivity index (χ0v) is 32.1. The summed E-state index contributed by atoms with van der Waals surface area (Å²) >= 11 is 0. The molecule has 0 aromatic heterocycles. The molecule has 0 heteroatoms. The van der Waals surface area contributed by atoms with Crippen molar-refractivity contribution in [3.8, 4) is 66.8 Å². The minimum Gasteiger partial charge on any atom is -0.0622 e. The third-order valence-corrected chi connectivity index (χ3v) is 12.4. The molecule has 0 N–H and O–H groups in total. The summed E-state index contributed by atoms with van der Waals surface area (Å²) in [7, 11) is 0. The lowest BCUT2D eigenvalue weighted by Crippen LogP contribution is -2.14. The molecular weight excluding hydrogens is 685 g/mol. The Kier molecular flexibility index (Phi) is 7.63. The van der Waals surface area contributed by atoms with Crippen molar-refractivity contribution in [1.82, 2.24) is 0 Å². The molecule has 1 aliphatic carbocycles. The van der Waals surface area contributed by atoms with E-state index in [-0.39, 0.29) is 5.41 Å². The van der Waals surface area contributed by atoms with Gasteiger partial charge in [0.05, 0.1) is 0 Å². The van der Waals surface area contributed by atoms with Crippen LogP contribution in [0.2, 0.25) is 0 Å². The molecule has 0 heterocycles. The Balaban J connectivity index is 1.25. The molecule has 0 atom stereocenters. The van der Waals surface area contributed by atoms with Crippen molar-refractivity contribution in [2.45, 2.75) is 19.3 Å². The lowest BCUT2D eigenvalue weighted by Gasteiger charge is -2.22. The molecule has 57 heavy (non-hydrogen) atoms. The van der Waals surface area contributed by atoms with Crippen LogP contribution >= 0.6 is 0 Å². The maximum Gasteiger partial charge on any atom is 0.0158 e. The highest BCUT2D eigenvalue weighted by atomic mass is 14.4. The highest BCUT2D eigenvalue weighted by molar-refractivity contribution is 6.22. The number of rotatable bonds is 5. The highest BCUT2D eigenvalue weighted by Crippen LogP contribution is 2.52. The lowest BCUT2D eigenvalue weighted by molar-refractivity contribution is 0.660. The van der Waals surface area contributed by atoms with Crippen molar-refractivity contribution in [3.63, 3.8) is 0 Å². The van der Waals surface area contributed by atoms with Crippen LogP contribution in [0.25, 0.3) is 99.1 Å². The summed E-state index contributed by atoms with van der Waals surface area (Å²) in [6, 6.07) is 76.6. The quantitative estimate of drug-likeness (QED) is 0.155. The fraction of sp³-hybridized carbons (Fsp3) is 0.0526. The zero-order valence-electron chi connectivity index (χ0n) is 32.1. The molecular formula is C57H40. The SMILES string of the molecule is CC1(C)c2ccccc2-c2cc(-c3c4ccccc4c(-c4cc(-c5ccccc5)cc(-c5ccccc5)c4)c4ccc(-c5cccc6ccccc56)cc34)ccc21. The van der Waals surface area contributed by atoms with E-state index in [1.807, 2.05) is 0 Å². The smallest absolute Gasteiger partial charge is 0.0158 e. The number of hydrogen-bond acceptors (Lipinski definition) is 0. The Morgan fingerprint density at radius 2 is 0.772 bits per heavy atom. The third-order valence-electron chi connectivity index (χ3n) is 12.4. The van der Waals surface area contributed by atoms with Gasteiger partial charge in [-0.05, 0) is 141 Å². The molecule has 0 fully saturated rings. The van der Waals surface area contributed by atoms with Crippen molar-refractivity contribution < 1.29 is 0 Å². The molecule has 0 aliphatic heterocycles. The zero-order chi connectivity index (χ0) is 38.1. The lowest BCUT2D eigenvalue weighted by atomic mass is 9.81. The standard InChI is InChI=1S/C57H40/c1-57(2)53-27-14-13-23-47(53)51-36-41(29-31-54(51)57)55-48-24-11-12-25-49(48)56(50-30-28-40(35-52(50)55)46-26-15-21-39-20-9-10-22-45(39)46)44-33-42(37-16-5-3-6-17-37)32-43(34-44)38-18-7-4-8-19-38/h3-36H,1-2H3. The summed E-state index contributed by atoms with van der Waals surface area (Å²) < 4.78 is 0. The Morgan fingerprint density at radius 3 is 1.49 bits per heavy atom. The predicted octanol–water partition coefficient (Wildman–Crippen LogP) is 15.8. The molecule has 0 nitrogen and oxygen atoms in total. The van der Waals surface area contributed by atoms with E-state index in [4.69, 9.17) is 0 Å². The van der Waals surface area contributed by atoms with Crippen LogP contribution in [0, 0.1) is 0 Å². The normalized spacial score (nSPS) is 12.9. The summed E-state index contributed by atoms with van der Waals surface area (Å²) in [5, 5.41) is 7.53. The Morgan fingerprint density at radius 1 is 0.263 bits per heavy atom. The van der Waals surface area contributed by atoms with Gasteiger partial charge in [0.15, 0.2) is 0 Å². The van der Waals surface area contributed by atoms with Crippen LogP contribution in [-0.2, 0) is 5.41 Å². The summed E-state index contributed by atoms with van der Waals surface area (Å²) in [6.45, 7) is 4.72. The maximum atomic E-state index is 2.47. The maximum absolute atomic E-state index is 2.47. The van der Waals surface area contributed by atoms with Gasteiger partial charge in [-0.1, -0.05) is 190 Å². The second kappa shape index (κ2) is 13.0.